The highest BCUT2D eigenvalue weighted by Crippen LogP contribution is 2.29. The van der Waals surface area contributed by atoms with Crippen molar-refractivity contribution < 1.29 is 18.0 Å². The van der Waals surface area contributed by atoms with Crippen LogP contribution in [0.5, 0.6) is 0 Å². The van der Waals surface area contributed by atoms with Crippen LogP contribution in [0.25, 0.3) is 11.3 Å². The Morgan fingerprint density at radius 2 is 1.53 bits per heavy atom. The predicted octanol–water partition coefficient (Wildman–Crippen LogP) is 4.69. The number of amides is 1. The summed E-state index contributed by atoms with van der Waals surface area (Å²) in [7, 11) is 0. The van der Waals surface area contributed by atoms with Gasteiger partial charge in [-0.25, -0.2) is 0 Å². The van der Waals surface area contributed by atoms with Gasteiger partial charge in [0.05, 0.1) is 11.3 Å². The number of rotatable bonds is 4. The Hall–Kier alpha value is -3.42. The third-order valence-electron chi connectivity index (χ3n) is 5.66. The number of hydrogen-bond acceptors (Lipinski definition) is 4. The second kappa shape index (κ2) is 8.98. The average Bonchev–Trinajstić information content (AvgIpc) is 2.83. The van der Waals surface area contributed by atoms with Crippen LogP contribution in [0, 0.1) is 0 Å². The van der Waals surface area contributed by atoms with Crippen molar-refractivity contribution in [2.75, 3.05) is 31.1 Å². The van der Waals surface area contributed by atoms with Crippen molar-refractivity contribution in [3.63, 3.8) is 0 Å². The minimum atomic E-state index is -4.41. The van der Waals surface area contributed by atoms with E-state index in [1.807, 2.05) is 29.2 Å². The van der Waals surface area contributed by atoms with Gasteiger partial charge in [0.1, 0.15) is 0 Å². The Labute approximate surface area is 184 Å². The second-order valence-corrected chi connectivity index (χ2v) is 7.68. The van der Waals surface area contributed by atoms with Crippen LogP contribution in [-0.4, -0.2) is 47.2 Å². The van der Waals surface area contributed by atoms with Gasteiger partial charge in [0.2, 0.25) is 0 Å². The number of benzene rings is 2. The minimum Gasteiger partial charge on any atom is -0.352 e. The van der Waals surface area contributed by atoms with Gasteiger partial charge < -0.3 is 9.80 Å². The average molecular weight is 440 g/mol. The number of carbonyl (C=O) groups is 1. The zero-order valence-electron chi connectivity index (χ0n) is 17.6. The maximum absolute atomic E-state index is 12.7. The molecule has 2 aromatic carbocycles. The van der Waals surface area contributed by atoms with Gasteiger partial charge in [-0.3, -0.25) is 4.79 Å². The van der Waals surface area contributed by atoms with Gasteiger partial charge >= 0.3 is 6.18 Å². The predicted molar refractivity (Wildman–Crippen MR) is 116 cm³/mol. The van der Waals surface area contributed by atoms with E-state index in [1.165, 1.54) is 17.7 Å². The molecule has 0 aliphatic carbocycles. The summed E-state index contributed by atoms with van der Waals surface area (Å²) in [6.07, 6.45) is -3.43. The van der Waals surface area contributed by atoms with E-state index in [9.17, 15) is 18.0 Å². The minimum absolute atomic E-state index is 0.254. The van der Waals surface area contributed by atoms with Gasteiger partial charge in [-0.15, -0.1) is 10.2 Å². The highest BCUT2D eigenvalue weighted by Gasteiger charge is 2.30. The molecule has 4 rings (SSSR count). The molecule has 0 saturated carbocycles. The number of nitrogens with zero attached hydrogens (tertiary/aromatic N) is 4. The zero-order valence-corrected chi connectivity index (χ0v) is 17.6. The zero-order chi connectivity index (χ0) is 22.7. The summed E-state index contributed by atoms with van der Waals surface area (Å²) in [5, 5.41) is 8.69. The Morgan fingerprint density at radius 1 is 0.875 bits per heavy atom. The molecule has 0 spiro atoms. The molecule has 1 aliphatic rings. The summed E-state index contributed by atoms with van der Waals surface area (Å²) in [4.78, 5) is 16.3. The standard InChI is InChI=1S/C24H23F3N4O/c1-2-17-3-5-18(6-4-17)21-11-12-22(29-28-21)30-13-15-31(16-14-30)23(32)19-7-9-20(10-8-19)24(25,26)27/h3-12H,2,13-16H2,1H3. The topological polar surface area (TPSA) is 49.3 Å². The molecule has 1 aromatic heterocycles. The van der Waals surface area contributed by atoms with Crippen molar-refractivity contribution in [1.29, 1.82) is 0 Å². The van der Waals surface area contributed by atoms with Gasteiger partial charge in [0.25, 0.3) is 5.91 Å². The van der Waals surface area contributed by atoms with Gasteiger partial charge in [-0.1, -0.05) is 31.2 Å². The molecule has 32 heavy (non-hydrogen) atoms. The smallest absolute Gasteiger partial charge is 0.352 e. The summed E-state index contributed by atoms with van der Waals surface area (Å²) < 4.78 is 38.2. The molecule has 3 aromatic rings. The van der Waals surface area contributed by atoms with Crippen LogP contribution in [-0.2, 0) is 12.6 Å². The monoisotopic (exact) mass is 440 g/mol. The summed E-state index contributed by atoms with van der Waals surface area (Å²) in [6.45, 7) is 4.18. The van der Waals surface area contributed by atoms with Crippen molar-refractivity contribution in [3.8, 4) is 11.3 Å². The molecular formula is C24H23F3N4O. The molecule has 0 N–H and O–H groups in total. The van der Waals surface area contributed by atoms with Crippen molar-refractivity contribution in [3.05, 3.63) is 77.4 Å². The lowest BCUT2D eigenvalue weighted by molar-refractivity contribution is -0.137. The fourth-order valence-electron chi connectivity index (χ4n) is 3.68. The van der Waals surface area contributed by atoms with E-state index >= 15 is 0 Å². The number of carbonyl (C=O) groups excluding carboxylic acids is 1. The van der Waals surface area contributed by atoms with Gasteiger partial charge in [-0.2, -0.15) is 13.2 Å². The number of anilines is 1. The molecule has 0 unspecified atom stereocenters. The Morgan fingerprint density at radius 3 is 2.06 bits per heavy atom. The Balaban J connectivity index is 1.36. The first kappa shape index (κ1) is 21.8. The highest BCUT2D eigenvalue weighted by atomic mass is 19.4. The van der Waals surface area contributed by atoms with E-state index in [-0.39, 0.29) is 11.5 Å². The molecule has 166 valence electrons. The van der Waals surface area contributed by atoms with Gasteiger partial charge in [-0.05, 0) is 48.4 Å². The summed E-state index contributed by atoms with van der Waals surface area (Å²) >= 11 is 0. The van der Waals surface area contributed by atoms with Crippen molar-refractivity contribution in [2.45, 2.75) is 19.5 Å². The molecule has 0 atom stereocenters. The van der Waals surface area contributed by atoms with Crippen LogP contribution in [0.4, 0.5) is 19.0 Å². The van der Waals surface area contributed by atoms with Crippen LogP contribution in [0.2, 0.25) is 0 Å². The van der Waals surface area contributed by atoms with Crippen molar-refractivity contribution in [1.82, 2.24) is 15.1 Å². The number of aromatic nitrogens is 2. The van der Waals surface area contributed by atoms with E-state index in [0.29, 0.717) is 26.2 Å². The van der Waals surface area contributed by atoms with E-state index in [0.717, 1.165) is 35.6 Å². The fourth-order valence-corrected chi connectivity index (χ4v) is 3.68. The number of alkyl halides is 3. The molecule has 1 aliphatic heterocycles. The van der Waals surface area contributed by atoms with Crippen molar-refractivity contribution >= 4 is 11.7 Å². The number of hydrogen-bond donors (Lipinski definition) is 0. The maximum Gasteiger partial charge on any atom is 0.416 e. The van der Waals surface area contributed by atoms with Crippen LogP contribution in [0.1, 0.15) is 28.4 Å². The lowest BCUT2D eigenvalue weighted by Crippen LogP contribution is -2.49. The summed E-state index contributed by atoms with van der Waals surface area (Å²) in [6, 6.07) is 16.4. The van der Waals surface area contributed by atoms with Gasteiger partial charge in [0.15, 0.2) is 5.82 Å². The first-order valence-electron chi connectivity index (χ1n) is 10.5. The molecule has 0 bridgehead atoms. The molecular weight excluding hydrogens is 417 g/mol. The largest absolute Gasteiger partial charge is 0.416 e. The molecule has 5 nitrogen and oxygen atoms in total. The Kier molecular flexibility index (Phi) is 6.12. The summed E-state index contributed by atoms with van der Waals surface area (Å²) in [5.41, 5.74) is 2.56. The first-order chi connectivity index (χ1) is 15.3. The third kappa shape index (κ3) is 4.74. The molecule has 0 radical (unpaired) electrons. The lowest BCUT2D eigenvalue weighted by Gasteiger charge is -2.35. The van der Waals surface area contributed by atoms with Crippen LogP contribution in [0.3, 0.4) is 0 Å². The molecule has 2 heterocycles. The van der Waals surface area contributed by atoms with E-state index < -0.39 is 11.7 Å². The quantitative estimate of drug-likeness (QED) is 0.591. The number of halogens is 3. The fraction of sp³-hybridized carbons (Fsp3) is 0.292. The highest BCUT2D eigenvalue weighted by molar-refractivity contribution is 5.94. The van der Waals surface area contributed by atoms with Gasteiger partial charge in [0, 0.05) is 37.3 Å². The van der Waals surface area contributed by atoms with Crippen LogP contribution < -0.4 is 4.90 Å². The number of piperazine rings is 1. The second-order valence-electron chi connectivity index (χ2n) is 7.68. The van der Waals surface area contributed by atoms with Crippen molar-refractivity contribution in [2.24, 2.45) is 0 Å². The van der Waals surface area contributed by atoms with Crippen LogP contribution in [0.15, 0.2) is 60.7 Å². The SMILES string of the molecule is CCc1ccc(-c2ccc(N3CCN(C(=O)c4ccc(C(F)(F)F)cc4)CC3)nn2)cc1. The van der Waals surface area contributed by atoms with E-state index in [1.54, 1.807) is 4.90 Å². The number of aryl methyl sites for hydroxylation is 1. The normalized spacial score (nSPS) is 14.5. The molecule has 8 heteroatoms. The Bertz CT molecular complexity index is 1060. The summed E-state index contributed by atoms with van der Waals surface area (Å²) in [5.74, 6) is 0.468. The third-order valence-corrected chi connectivity index (χ3v) is 5.66. The first-order valence-corrected chi connectivity index (χ1v) is 10.5. The molecule has 1 saturated heterocycles. The molecule has 1 fully saturated rings. The maximum atomic E-state index is 12.7. The van der Waals surface area contributed by atoms with Crippen LogP contribution >= 0.6 is 0 Å². The lowest BCUT2D eigenvalue weighted by atomic mass is 10.1. The van der Waals surface area contributed by atoms with E-state index in [2.05, 4.69) is 29.3 Å². The van der Waals surface area contributed by atoms with E-state index in [4.69, 9.17) is 0 Å². The molecule has 1 amide bonds.